The van der Waals surface area contributed by atoms with Crippen LogP contribution in [-0.2, 0) is 14.3 Å². The van der Waals surface area contributed by atoms with Crippen LogP contribution in [0.1, 0.15) is 71.8 Å². The van der Waals surface area contributed by atoms with Crippen LogP contribution < -0.4 is 10.1 Å². The first-order valence-corrected chi connectivity index (χ1v) is 10.9. The Hall–Kier alpha value is -2.56. The van der Waals surface area contributed by atoms with Gasteiger partial charge >= 0.3 is 5.97 Å². The van der Waals surface area contributed by atoms with E-state index < -0.39 is 5.92 Å². The molecule has 0 spiro atoms. The van der Waals surface area contributed by atoms with Crippen LogP contribution in [-0.4, -0.2) is 25.0 Å². The highest BCUT2D eigenvalue weighted by molar-refractivity contribution is 6.04. The Morgan fingerprint density at radius 3 is 2.63 bits per heavy atom. The Kier molecular flexibility index (Phi) is 6.69. The highest BCUT2D eigenvalue weighted by Crippen LogP contribution is 2.48. The van der Waals surface area contributed by atoms with E-state index in [4.69, 9.17) is 9.47 Å². The molecule has 0 bridgehead atoms. The summed E-state index contributed by atoms with van der Waals surface area (Å²) < 4.78 is 11.5. The average molecular weight is 412 g/mol. The summed E-state index contributed by atoms with van der Waals surface area (Å²) in [7, 11) is 0. The summed E-state index contributed by atoms with van der Waals surface area (Å²) in [6.45, 7) is 11.0. The predicted molar refractivity (Wildman–Crippen MR) is 117 cm³/mol. The molecule has 30 heavy (non-hydrogen) atoms. The van der Waals surface area contributed by atoms with Crippen LogP contribution >= 0.6 is 0 Å². The molecule has 1 aromatic carbocycles. The normalized spacial score (nSPS) is 20.6. The number of nitrogens with one attached hydrogen (secondary N) is 1. The maximum Gasteiger partial charge on any atom is 0.336 e. The number of ether oxygens (including phenoxy) is 2. The Balaban J connectivity index is 2.13. The highest BCUT2D eigenvalue weighted by Gasteiger charge is 2.43. The lowest BCUT2D eigenvalue weighted by molar-refractivity contribution is -0.139. The summed E-state index contributed by atoms with van der Waals surface area (Å²) in [6.07, 6.45) is 2.98. The van der Waals surface area contributed by atoms with E-state index >= 15 is 0 Å². The van der Waals surface area contributed by atoms with Crippen molar-refractivity contribution in [2.45, 2.75) is 66.2 Å². The molecule has 0 saturated heterocycles. The number of rotatable bonds is 7. The summed E-state index contributed by atoms with van der Waals surface area (Å²) in [5.41, 5.74) is 3.56. The van der Waals surface area contributed by atoms with Gasteiger partial charge in [-0.3, -0.25) is 4.79 Å². The molecule has 1 aliphatic carbocycles. The zero-order valence-corrected chi connectivity index (χ0v) is 18.8. The number of hydrogen-bond donors (Lipinski definition) is 1. The van der Waals surface area contributed by atoms with Gasteiger partial charge in [-0.2, -0.15) is 0 Å². The van der Waals surface area contributed by atoms with Gasteiger partial charge < -0.3 is 14.8 Å². The lowest BCUT2D eigenvalue weighted by atomic mass is 9.68. The van der Waals surface area contributed by atoms with Crippen LogP contribution in [0.15, 0.2) is 46.8 Å². The van der Waals surface area contributed by atoms with E-state index in [1.165, 1.54) is 0 Å². The fourth-order valence-corrected chi connectivity index (χ4v) is 4.41. The summed E-state index contributed by atoms with van der Waals surface area (Å²) in [6, 6.07) is 7.68. The van der Waals surface area contributed by atoms with Gasteiger partial charge in [0, 0.05) is 29.0 Å². The predicted octanol–water partition coefficient (Wildman–Crippen LogP) is 5.03. The Bertz CT molecular complexity index is 894. The summed E-state index contributed by atoms with van der Waals surface area (Å²) in [5.74, 6) is -0.0740. The van der Waals surface area contributed by atoms with E-state index in [0.29, 0.717) is 36.5 Å². The molecule has 1 unspecified atom stereocenters. The Labute approximate surface area is 179 Å². The number of hydrogen-bond acceptors (Lipinski definition) is 5. The fraction of sp³-hybridized carbons (Fsp3) is 0.520. The van der Waals surface area contributed by atoms with Gasteiger partial charge in [0.15, 0.2) is 5.78 Å². The number of allylic oxidation sites excluding steroid dienone is 3. The van der Waals surface area contributed by atoms with Crippen LogP contribution in [0.2, 0.25) is 0 Å². The summed E-state index contributed by atoms with van der Waals surface area (Å²) in [5, 5.41) is 3.37. The first-order valence-electron chi connectivity index (χ1n) is 10.9. The van der Waals surface area contributed by atoms with Gasteiger partial charge in [-0.15, -0.1) is 0 Å². The molecule has 0 saturated carbocycles. The quantitative estimate of drug-likeness (QED) is 0.503. The number of unbranched alkanes of at least 4 members (excludes halogenated alkanes) is 1. The van der Waals surface area contributed by atoms with Crippen molar-refractivity contribution in [3.05, 3.63) is 52.4 Å². The molecule has 5 heteroatoms. The molecule has 0 radical (unpaired) electrons. The number of Topliss-reactive ketones (excluding diaryl/α,β-unsaturated/α-hetero) is 1. The molecular formula is C25H33NO4. The van der Waals surface area contributed by atoms with Gasteiger partial charge in [0.05, 0.1) is 24.7 Å². The van der Waals surface area contributed by atoms with Crippen molar-refractivity contribution in [3.63, 3.8) is 0 Å². The van der Waals surface area contributed by atoms with Crippen LogP contribution in [0.4, 0.5) is 0 Å². The molecule has 1 aromatic rings. The molecule has 0 aromatic heterocycles. The van der Waals surface area contributed by atoms with Gasteiger partial charge in [0.2, 0.25) is 0 Å². The molecule has 1 aliphatic heterocycles. The molecule has 0 fully saturated rings. The van der Waals surface area contributed by atoms with Gasteiger partial charge in [0.25, 0.3) is 0 Å². The molecule has 1 atom stereocenters. The van der Waals surface area contributed by atoms with E-state index in [2.05, 4.69) is 26.1 Å². The summed E-state index contributed by atoms with van der Waals surface area (Å²) >= 11 is 0. The maximum absolute atomic E-state index is 13.3. The number of ketones is 1. The monoisotopic (exact) mass is 411 g/mol. The van der Waals surface area contributed by atoms with Crippen molar-refractivity contribution in [1.29, 1.82) is 0 Å². The van der Waals surface area contributed by atoms with Gasteiger partial charge in [-0.05, 0) is 38.2 Å². The second-order valence-corrected chi connectivity index (χ2v) is 8.89. The highest BCUT2D eigenvalue weighted by atomic mass is 16.5. The molecule has 3 rings (SSSR count). The third kappa shape index (κ3) is 4.45. The van der Waals surface area contributed by atoms with E-state index in [1.807, 2.05) is 38.1 Å². The molecule has 1 N–H and O–H groups in total. The minimum absolute atomic E-state index is 0.0800. The minimum atomic E-state index is -0.485. The molecule has 1 heterocycles. The first kappa shape index (κ1) is 22.1. The molecule has 162 valence electrons. The van der Waals surface area contributed by atoms with E-state index in [0.717, 1.165) is 36.2 Å². The second kappa shape index (κ2) is 9.07. The summed E-state index contributed by atoms with van der Waals surface area (Å²) in [4.78, 5) is 26.5. The third-order valence-electron chi connectivity index (χ3n) is 5.72. The van der Waals surface area contributed by atoms with Crippen LogP contribution in [0.25, 0.3) is 0 Å². The van der Waals surface area contributed by atoms with Gasteiger partial charge in [0.1, 0.15) is 5.75 Å². The van der Waals surface area contributed by atoms with Gasteiger partial charge in [-0.1, -0.05) is 45.4 Å². The van der Waals surface area contributed by atoms with Crippen molar-refractivity contribution >= 4 is 11.8 Å². The topological polar surface area (TPSA) is 64.6 Å². The minimum Gasteiger partial charge on any atom is -0.494 e. The van der Waals surface area contributed by atoms with Crippen molar-refractivity contribution < 1.29 is 19.1 Å². The zero-order valence-electron chi connectivity index (χ0n) is 18.8. The van der Waals surface area contributed by atoms with Crippen LogP contribution in [0, 0.1) is 5.41 Å². The van der Waals surface area contributed by atoms with E-state index in [1.54, 1.807) is 0 Å². The standard InChI is InChI=1S/C25H33NO4/c1-6-8-13-30-24(28)21-16(3)26-18-14-25(4,5)15-19(27)23(18)22(21)17-11-9-10-12-20(17)29-7-2/h9-12,22,26H,6-8,13-15H2,1-5H3. The molecule has 2 aliphatic rings. The molecule has 0 amide bonds. The largest absolute Gasteiger partial charge is 0.494 e. The van der Waals surface area contributed by atoms with Gasteiger partial charge in [-0.25, -0.2) is 4.79 Å². The fourth-order valence-electron chi connectivity index (χ4n) is 4.41. The zero-order chi connectivity index (χ0) is 21.9. The van der Waals surface area contributed by atoms with E-state index in [9.17, 15) is 9.59 Å². The molecular weight excluding hydrogens is 378 g/mol. The maximum atomic E-state index is 13.3. The van der Waals surface area contributed by atoms with E-state index in [-0.39, 0.29) is 17.2 Å². The second-order valence-electron chi connectivity index (χ2n) is 8.89. The molecule has 5 nitrogen and oxygen atoms in total. The number of benzene rings is 1. The number of dihydropyridines is 1. The van der Waals surface area contributed by atoms with Crippen molar-refractivity contribution in [2.24, 2.45) is 5.41 Å². The van der Waals surface area contributed by atoms with Crippen molar-refractivity contribution in [1.82, 2.24) is 5.32 Å². The SMILES string of the molecule is CCCCOC(=O)C1=C(C)NC2=C(C(=O)CC(C)(C)C2)C1c1ccccc1OCC. The number of esters is 1. The smallest absolute Gasteiger partial charge is 0.336 e. The number of carbonyl (C=O) groups excluding carboxylic acids is 2. The van der Waals surface area contributed by atoms with Crippen LogP contribution in [0.5, 0.6) is 5.75 Å². The third-order valence-corrected chi connectivity index (χ3v) is 5.72. The van der Waals surface area contributed by atoms with Crippen molar-refractivity contribution in [3.8, 4) is 5.75 Å². The lowest BCUT2D eigenvalue weighted by Gasteiger charge is -2.39. The average Bonchev–Trinajstić information content (AvgIpc) is 2.66. The Morgan fingerprint density at radius 1 is 1.20 bits per heavy atom. The van der Waals surface area contributed by atoms with Crippen LogP contribution in [0.3, 0.4) is 0 Å². The first-order chi connectivity index (χ1) is 14.3. The Morgan fingerprint density at radius 2 is 1.93 bits per heavy atom. The number of carbonyl (C=O) groups is 2. The number of para-hydroxylation sites is 1. The van der Waals surface area contributed by atoms with Crippen molar-refractivity contribution in [2.75, 3.05) is 13.2 Å². The lowest BCUT2D eigenvalue weighted by Crippen LogP contribution is -2.38.